The second-order valence-electron chi connectivity index (χ2n) is 8.55. The second-order valence-corrected chi connectivity index (χ2v) is 8.55. The molecule has 0 radical (unpaired) electrons. The zero-order valence-corrected chi connectivity index (χ0v) is 21.5. The van der Waals surface area contributed by atoms with Crippen molar-refractivity contribution in [1.29, 1.82) is 0 Å². The van der Waals surface area contributed by atoms with E-state index in [0.29, 0.717) is 22.5 Å². The van der Waals surface area contributed by atoms with Gasteiger partial charge < -0.3 is 24.2 Å². The molecule has 196 valence electrons. The van der Waals surface area contributed by atoms with Gasteiger partial charge in [0.15, 0.2) is 6.29 Å². The van der Waals surface area contributed by atoms with Gasteiger partial charge in [-0.15, -0.1) is 0 Å². The monoisotopic (exact) mass is 507 g/mol. The Morgan fingerprint density at radius 1 is 0.811 bits per heavy atom. The first-order valence-corrected chi connectivity index (χ1v) is 11.6. The third kappa shape index (κ3) is 9.18. The highest BCUT2D eigenvalue weighted by Crippen LogP contribution is 2.23. The Morgan fingerprint density at radius 2 is 1.32 bits per heavy atom. The van der Waals surface area contributed by atoms with Crippen LogP contribution in [-0.2, 0) is 19.1 Å². The molecule has 37 heavy (non-hydrogen) atoms. The maximum absolute atomic E-state index is 13.2. The zero-order valence-electron chi connectivity index (χ0n) is 21.5. The molecule has 0 bridgehead atoms. The number of carbonyl (C=O) groups excluding carboxylic acids is 3. The number of hydrogen-bond donors (Lipinski definition) is 1. The summed E-state index contributed by atoms with van der Waals surface area (Å²) in [5.74, 6) is -0.904. The van der Waals surface area contributed by atoms with Crippen LogP contribution in [-0.4, -0.2) is 60.4 Å². The minimum absolute atomic E-state index is 0.0130. The molecule has 0 aliphatic rings. The lowest BCUT2D eigenvalue weighted by molar-refractivity contribution is -0.139. The quantitative estimate of drug-likeness (QED) is 0.142. The molecule has 2 rings (SSSR count). The molecule has 8 heteroatoms. The number of ether oxygens (including phenoxy) is 3. The molecule has 0 aliphatic heterocycles. The van der Waals surface area contributed by atoms with E-state index in [0.717, 1.165) is 11.1 Å². The molecule has 0 saturated carbocycles. The summed E-state index contributed by atoms with van der Waals surface area (Å²) in [5, 5.41) is 9.80. The van der Waals surface area contributed by atoms with E-state index >= 15 is 0 Å². The van der Waals surface area contributed by atoms with Gasteiger partial charge in [-0.25, -0.2) is 9.59 Å². The topological polar surface area (TPSA) is 102 Å². The summed E-state index contributed by atoms with van der Waals surface area (Å²) in [7, 11) is 0. The summed E-state index contributed by atoms with van der Waals surface area (Å²) in [5.41, 5.74) is 3.20. The number of esters is 2. The number of benzene rings is 2. The first-order chi connectivity index (χ1) is 17.5. The van der Waals surface area contributed by atoms with Crippen molar-refractivity contribution in [2.45, 2.75) is 27.1 Å². The van der Waals surface area contributed by atoms with E-state index in [1.807, 2.05) is 24.3 Å². The molecule has 8 nitrogen and oxygen atoms in total. The van der Waals surface area contributed by atoms with Crippen LogP contribution in [0.2, 0.25) is 0 Å². The van der Waals surface area contributed by atoms with Gasteiger partial charge in [0.1, 0.15) is 12.4 Å². The van der Waals surface area contributed by atoms with Gasteiger partial charge >= 0.3 is 11.9 Å². The Morgan fingerprint density at radius 3 is 1.84 bits per heavy atom. The summed E-state index contributed by atoms with van der Waals surface area (Å²) in [6.45, 7) is 15.8. The SMILES string of the molecule is C=C(C)C(=O)OCCN(CCOC(O)C(=C)C)C(=O)c1ccc(-c2ccc(OC(=O)C(=C)C)cc2)cc1. The van der Waals surface area contributed by atoms with E-state index in [4.69, 9.17) is 14.2 Å². The maximum Gasteiger partial charge on any atom is 0.338 e. The van der Waals surface area contributed by atoms with Gasteiger partial charge in [-0.1, -0.05) is 44.0 Å². The molecule has 1 atom stereocenters. The molecule has 0 aliphatic carbocycles. The molecule has 2 aromatic rings. The molecule has 1 unspecified atom stereocenters. The van der Waals surface area contributed by atoms with Gasteiger partial charge in [0.25, 0.3) is 5.91 Å². The van der Waals surface area contributed by atoms with E-state index < -0.39 is 18.2 Å². The smallest absolute Gasteiger partial charge is 0.338 e. The van der Waals surface area contributed by atoms with Gasteiger partial charge in [-0.3, -0.25) is 4.79 Å². The minimum atomic E-state index is -1.13. The molecule has 0 aromatic heterocycles. The summed E-state index contributed by atoms with van der Waals surface area (Å²) < 4.78 is 15.7. The van der Waals surface area contributed by atoms with Crippen LogP contribution in [0.25, 0.3) is 11.1 Å². The second kappa shape index (κ2) is 13.9. The predicted octanol–water partition coefficient (Wildman–Crippen LogP) is 4.31. The summed E-state index contributed by atoms with van der Waals surface area (Å²) >= 11 is 0. The summed E-state index contributed by atoms with van der Waals surface area (Å²) in [4.78, 5) is 38.0. The van der Waals surface area contributed by atoms with E-state index in [1.165, 1.54) is 4.90 Å². The fourth-order valence-electron chi connectivity index (χ4n) is 3.00. The van der Waals surface area contributed by atoms with E-state index in [2.05, 4.69) is 19.7 Å². The first kappa shape index (κ1) is 29.2. The average Bonchev–Trinajstić information content (AvgIpc) is 2.87. The van der Waals surface area contributed by atoms with Gasteiger partial charge in [0.2, 0.25) is 0 Å². The first-order valence-electron chi connectivity index (χ1n) is 11.6. The number of carbonyl (C=O) groups is 3. The van der Waals surface area contributed by atoms with Gasteiger partial charge in [-0.05, 0) is 61.7 Å². The average molecular weight is 508 g/mol. The molecule has 0 fully saturated rings. The van der Waals surface area contributed by atoms with E-state index in [-0.39, 0.29) is 37.8 Å². The Labute approximate surface area is 217 Å². The highest BCUT2D eigenvalue weighted by molar-refractivity contribution is 5.95. The van der Waals surface area contributed by atoms with Crippen LogP contribution < -0.4 is 4.74 Å². The molecule has 0 heterocycles. The number of aliphatic hydroxyl groups is 1. The fourth-order valence-corrected chi connectivity index (χ4v) is 3.00. The number of nitrogens with zero attached hydrogens (tertiary/aromatic N) is 1. The van der Waals surface area contributed by atoms with E-state index in [9.17, 15) is 19.5 Å². The van der Waals surface area contributed by atoms with Crippen LogP contribution in [0.1, 0.15) is 31.1 Å². The molecule has 2 aromatic carbocycles. The van der Waals surface area contributed by atoms with Crippen molar-refractivity contribution in [3.05, 3.63) is 90.6 Å². The molecule has 0 spiro atoms. The lowest BCUT2D eigenvalue weighted by Crippen LogP contribution is -2.37. The van der Waals surface area contributed by atoms with Crippen LogP contribution >= 0.6 is 0 Å². The Kier molecular flexibility index (Phi) is 11.0. The maximum atomic E-state index is 13.2. The minimum Gasteiger partial charge on any atom is -0.460 e. The van der Waals surface area contributed by atoms with Gasteiger partial charge in [0, 0.05) is 23.3 Å². The molecule has 1 N–H and O–H groups in total. The highest BCUT2D eigenvalue weighted by Gasteiger charge is 2.18. The van der Waals surface area contributed by atoms with Crippen molar-refractivity contribution in [3.8, 4) is 16.9 Å². The molecular formula is C29H33NO7. The third-order valence-electron chi connectivity index (χ3n) is 5.17. The Hall–Kier alpha value is -4.01. The van der Waals surface area contributed by atoms with E-state index in [1.54, 1.807) is 45.0 Å². The highest BCUT2D eigenvalue weighted by atomic mass is 16.6. The van der Waals surface area contributed by atoms with Crippen molar-refractivity contribution in [2.24, 2.45) is 0 Å². The summed E-state index contributed by atoms with van der Waals surface area (Å²) in [6.07, 6.45) is -1.13. The fraction of sp³-hybridized carbons (Fsp3) is 0.276. The zero-order chi connectivity index (χ0) is 27.5. The summed E-state index contributed by atoms with van der Waals surface area (Å²) in [6, 6.07) is 14.0. The molecule has 1 amide bonds. The Bertz CT molecular complexity index is 1150. The number of rotatable bonds is 13. The Balaban J connectivity index is 2.10. The van der Waals surface area contributed by atoms with Crippen LogP contribution in [0.3, 0.4) is 0 Å². The van der Waals surface area contributed by atoms with Crippen molar-refractivity contribution in [1.82, 2.24) is 4.90 Å². The van der Waals surface area contributed by atoms with Gasteiger partial charge in [-0.2, -0.15) is 0 Å². The van der Waals surface area contributed by atoms with Crippen molar-refractivity contribution >= 4 is 17.8 Å². The molecular weight excluding hydrogens is 474 g/mol. The van der Waals surface area contributed by atoms with Gasteiger partial charge in [0.05, 0.1) is 13.2 Å². The van der Waals surface area contributed by atoms with Crippen molar-refractivity contribution in [2.75, 3.05) is 26.3 Å². The normalized spacial score (nSPS) is 11.2. The predicted molar refractivity (Wildman–Crippen MR) is 141 cm³/mol. The third-order valence-corrected chi connectivity index (χ3v) is 5.17. The van der Waals surface area contributed by atoms with Crippen LogP contribution in [0.15, 0.2) is 85.0 Å². The van der Waals surface area contributed by atoms with Crippen molar-refractivity contribution in [3.63, 3.8) is 0 Å². The standard InChI is InChI=1S/C29H33NO7/c1-19(2)27(32)35-17-15-30(16-18-36-28(33)20(3)4)26(31)24-9-7-22(8-10-24)23-11-13-25(14-12-23)37-29(34)21(5)6/h7-14,27,32H,1,3,5,15-18H2,2,4,6H3. The number of hydrogen-bond acceptors (Lipinski definition) is 7. The largest absolute Gasteiger partial charge is 0.460 e. The van der Waals surface area contributed by atoms with Crippen molar-refractivity contribution < 1.29 is 33.7 Å². The number of amides is 1. The van der Waals surface area contributed by atoms with Crippen LogP contribution in [0, 0.1) is 0 Å². The lowest BCUT2D eigenvalue weighted by Gasteiger charge is -2.23. The lowest BCUT2D eigenvalue weighted by atomic mass is 10.0. The number of aliphatic hydroxyl groups excluding tert-OH is 1. The van der Waals surface area contributed by atoms with Crippen LogP contribution in [0.4, 0.5) is 0 Å². The molecule has 0 saturated heterocycles. The van der Waals surface area contributed by atoms with Crippen LogP contribution in [0.5, 0.6) is 5.75 Å².